The molecule has 0 aliphatic carbocycles. The summed E-state index contributed by atoms with van der Waals surface area (Å²) < 4.78 is 33.4. The smallest absolute Gasteiger partial charge is 0.244 e. The van der Waals surface area contributed by atoms with E-state index in [1.54, 1.807) is 18.2 Å². The van der Waals surface area contributed by atoms with Gasteiger partial charge >= 0.3 is 0 Å². The highest BCUT2D eigenvalue weighted by Gasteiger charge is 2.24. The average Bonchev–Trinajstić information content (AvgIpc) is 2.39. The van der Waals surface area contributed by atoms with Crippen molar-refractivity contribution in [3.8, 4) is 5.75 Å². The Bertz CT molecular complexity index is 542. The van der Waals surface area contributed by atoms with E-state index in [0.717, 1.165) is 25.9 Å². The summed E-state index contributed by atoms with van der Waals surface area (Å²) in [6, 6.07) is 4.93. The third-order valence-corrected chi connectivity index (χ3v) is 5.11. The minimum atomic E-state index is -3.56. The fraction of sp³-hybridized carbons (Fsp3) is 0.500. The van der Waals surface area contributed by atoms with E-state index in [0.29, 0.717) is 10.2 Å². The van der Waals surface area contributed by atoms with Crippen molar-refractivity contribution in [2.75, 3.05) is 20.2 Å². The van der Waals surface area contributed by atoms with Crippen LogP contribution in [0.1, 0.15) is 12.8 Å². The highest BCUT2D eigenvalue weighted by Crippen LogP contribution is 2.27. The lowest BCUT2D eigenvalue weighted by molar-refractivity contribution is 0.399. The van der Waals surface area contributed by atoms with Crippen LogP contribution in [0.5, 0.6) is 5.75 Å². The number of ether oxygens (including phenoxy) is 1. The molecule has 7 heteroatoms. The van der Waals surface area contributed by atoms with E-state index < -0.39 is 10.0 Å². The van der Waals surface area contributed by atoms with Crippen molar-refractivity contribution >= 4 is 26.0 Å². The Morgan fingerprint density at radius 2 is 2.05 bits per heavy atom. The molecule has 1 aromatic rings. The van der Waals surface area contributed by atoms with Gasteiger partial charge in [0.15, 0.2) is 0 Å². The number of hydrogen-bond donors (Lipinski definition) is 2. The first-order chi connectivity index (χ1) is 9.03. The highest BCUT2D eigenvalue weighted by atomic mass is 79.9. The van der Waals surface area contributed by atoms with Crippen LogP contribution in [-0.2, 0) is 10.0 Å². The van der Waals surface area contributed by atoms with E-state index in [9.17, 15) is 8.42 Å². The van der Waals surface area contributed by atoms with Crippen molar-refractivity contribution in [3.05, 3.63) is 22.7 Å². The number of hydrogen-bond acceptors (Lipinski definition) is 4. The van der Waals surface area contributed by atoms with Gasteiger partial charge in [-0.2, -0.15) is 0 Å². The van der Waals surface area contributed by atoms with Crippen molar-refractivity contribution in [3.63, 3.8) is 0 Å². The Kier molecular flexibility index (Phi) is 4.83. The number of methoxy groups -OCH3 is 1. The number of benzene rings is 1. The van der Waals surface area contributed by atoms with Gasteiger partial charge in [-0.3, -0.25) is 0 Å². The fourth-order valence-electron chi connectivity index (χ4n) is 2.08. The Hall–Kier alpha value is -0.630. The van der Waals surface area contributed by atoms with Crippen LogP contribution >= 0.6 is 15.9 Å². The maximum Gasteiger partial charge on any atom is 0.244 e. The molecular formula is C12H17BrN2O3S. The molecule has 1 aliphatic heterocycles. The maximum absolute atomic E-state index is 12.4. The minimum Gasteiger partial charge on any atom is -0.495 e. The molecule has 1 aliphatic rings. The number of nitrogens with one attached hydrogen (secondary N) is 2. The quantitative estimate of drug-likeness (QED) is 0.864. The van der Waals surface area contributed by atoms with Crippen LogP contribution in [0.25, 0.3) is 0 Å². The van der Waals surface area contributed by atoms with Gasteiger partial charge in [0.25, 0.3) is 0 Å². The zero-order valence-electron chi connectivity index (χ0n) is 10.6. The van der Waals surface area contributed by atoms with Crippen molar-refractivity contribution in [2.45, 2.75) is 23.8 Å². The first-order valence-electron chi connectivity index (χ1n) is 6.09. The molecule has 1 heterocycles. The van der Waals surface area contributed by atoms with Gasteiger partial charge in [0.2, 0.25) is 10.0 Å². The number of sulfonamides is 1. The Morgan fingerprint density at radius 1 is 1.37 bits per heavy atom. The van der Waals surface area contributed by atoms with Crippen LogP contribution < -0.4 is 14.8 Å². The third-order valence-electron chi connectivity index (χ3n) is 3.08. The molecule has 0 atom stereocenters. The molecule has 0 radical (unpaired) electrons. The molecule has 1 fully saturated rings. The van der Waals surface area contributed by atoms with Gasteiger partial charge in [-0.1, -0.05) is 15.9 Å². The van der Waals surface area contributed by atoms with E-state index in [1.807, 2.05) is 0 Å². The van der Waals surface area contributed by atoms with E-state index in [2.05, 4.69) is 26.0 Å². The van der Waals surface area contributed by atoms with Gasteiger partial charge in [0, 0.05) is 10.5 Å². The fourth-order valence-corrected chi connectivity index (χ4v) is 4.10. The molecule has 0 spiro atoms. The number of piperidine rings is 1. The third kappa shape index (κ3) is 3.68. The molecule has 0 aromatic heterocycles. The Morgan fingerprint density at radius 3 is 2.68 bits per heavy atom. The summed E-state index contributed by atoms with van der Waals surface area (Å²) in [4.78, 5) is 0.169. The van der Waals surface area contributed by atoms with Gasteiger partial charge in [0.1, 0.15) is 10.6 Å². The zero-order chi connectivity index (χ0) is 13.9. The van der Waals surface area contributed by atoms with Crippen LogP contribution in [0.15, 0.2) is 27.6 Å². The van der Waals surface area contributed by atoms with Gasteiger partial charge in [0.05, 0.1) is 7.11 Å². The van der Waals surface area contributed by atoms with E-state index in [-0.39, 0.29) is 10.9 Å². The molecule has 0 amide bonds. The predicted octanol–water partition coefficient (Wildman–Crippen LogP) is 1.49. The van der Waals surface area contributed by atoms with Crippen molar-refractivity contribution in [1.82, 2.24) is 10.0 Å². The molecule has 0 bridgehead atoms. The minimum absolute atomic E-state index is 0.0186. The predicted molar refractivity (Wildman–Crippen MR) is 76.9 cm³/mol. The van der Waals surface area contributed by atoms with Crippen LogP contribution in [0, 0.1) is 0 Å². The first-order valence-corrected chi connectivity index (χ1v) is 8.37. The molecule has 2 N–H and O–H groups in total. The summed E-state index contributed by atoms with van der Waals surface area (Å²) in [6.07, 6.45) is 1.60. The topological polar surface area (TPSA) is 67.4 Å². The summed E-state index contributed by atoms with van der Waals surface area (Å²) in [5.41, 5.74) is 0. The van der Waals surface area contributed by atoms with E-state index >= 15 is 0 Å². The van der Waals surface area contributed by atoms with Crippen LogP contribution in [0.4, 0.5) is 0 Å². The Balaban J connectivity index is 2.25. The summed E-state index contributed by atoms with van der Waals surface area (Å²) in [5.74, 6) is 0.352. The number of halogens is 1. The standard InChI is InChI=1S/C12H17BrN2O3S/c1-18-11-3-2-9(13)8-12(11)19(16,17)15-10-4-6-14-7-5-10/h2-3,8,10,14-15H,4-7H2,1H3. The molecule has 1 aromatic carbocycles. The molecule has 0 saturated carbocycles. The summed E-state index contributed by atoms with van der Waals surface area (Å²) in [6.45, 7) is 1.67. The van der Waals surface area contributed by atoms with E-state index in [4.69, 9.17) is 4.74 Å². The summed E-state index contributed by atoms with van der Waals surface area (Å²) in [7, 11) is -2.09. The first kappa shape index (κ1) is 14.8. The van der Waals surface area contributed by atoms with Gasteiger partial charge in [-0.15, -0.1) is 0 Å². The van der Waals surface area contributed by atoms with E-state index in [1.165, 1.54) is 7.11 Å². The second-order valence-electron chi connectivity index (χ2n) is 4.44. The second kappa shape index (κ2) is 6.21. The molecule has 0 unspecified atom stereocenters. The maximum atomic E-state index is 12.4. The lowest BCUT2D eigenvalue weighted by Gasteiger charge is -2.24. The monoisotopic (exact) mass is 348 g/mol. The zero-order valence-corrected chi connectivity index (χ0v) is 13.1. The van der Waals surface area contributed by atoms with Crippen molar-refractivity contribution in [2.24, 2.45) is 0 Å². The van der Waals surface area contributed by atoms with Crippen LogP contribution in [0.2, 0.25) is 0 Å². The molecule has 2 rings (SSSR count). The van der Waals surface area contributed by atoms with Gasteiger partial charge < -0.3 is 10.1 Å². The van der Waals surface area contributed by atoms with Crippen molar-refractivity contribution in [1.29, 1.82) is 0 Å². The largest absolute Gasteiger partial charge is 0.495 e. The van der Waals surface area contributed by atoms with Gasteiger partial charge in [-0.25, -0.2) is 13.1 Å². The van der Waals surface area contributed by atoms with Gasteiger partial charge in [-0.05, 0) is 44.1 Å². The SMILES string of the molecule is COc1ccc(Br)cc1S(=O)(=O)NC1CCNCC1. The average molecular weight is 349 g/mol. The normalized spacial score (nSPS) is 17.4. The lowest BCUT2D eigenvalue weighted by Crippen LogP contribution is -2.42. The molecule has 1 saturated heterocycles. The molecule has 106 valence electrons. The Labute approximate surface area is 121 Å². The highest BCUT2D eigenvalue weighted by molar-refractivity contribution is 9.10. The second-order valence-corrected chi connectivity index (χ2v) is 7.04. The van der Waals surface area contributed by atoms with Crippen molar-refractivity contribution < 1.29 is 13.2 Å². The molecule has 5 nitrogen and oxygen atoms in total. The van der Waals surface area contributed by atoms with Crippen LogP contribution in [-0.4, -0.2) is 34.7 Å². The molecular weight excluding hydrogens is 332 g/mol. The molecule has 19 heavy (non-hydrogen) atoms. The summed E-state index contributed by atoms with van der Waals surface area (Å²) >= 11 is 3.29. The lowest BCUT2D eigenvalue weighted by atomic mass is 10.1. The van der Waals surface area contributed by atoms with Crippen LogP contribution in [0.3, 0.4) is 0 Å². The number of rotatable bonds is 4. The summed E-state index contributed by atoms with van der Waals surface area (Å²) in [5, 5.41) is 3.20.